The van der Waals surface area contributed by atoms with E-state index in [1.807, 2.05) is 0 Å². The largest absolute Gasteiger partial charge is 0.438 e. The number of aliphatic hydroxyl groups excluding tert-OH is 1. The van der Waals surface area contributed by atoms with Crippen molar-refractivity contribution in [2.45, 2.75) is 116 Å². The number of ketones is 3. The van der Waals surface area contributed by atoms with Crippen LogP contribution in [0.1, 0.15) is 104 Å². The van der Waals surface area contributed by atoms with Crippen LogP contribution in [0.5, 0.6) is 0 Å². The number of carbonyl (C=O) groups is 4. The Hall–Kier alpha value is -1.60. The van der Waals surface area contributed by atoms with Crippen LogP contribution in [0.3, 0.4) is 0 Å². The highest BCUT2D eigenvalue weighted by Gasteiger charge is 2.66. The van der Waals surface area contributed by atoms with Gasteiger partial charge in [-0.15, -0.1) is 0 Å². The van der Waals surface area contributed by atoms with E-state index in [4.69, 9.17) is 9.47 Å². The van der Waals surface area contributed by atoms with Gasteiger partial charge < -0.3 is 14.6 Å². The number of Topliss-reactive ketones (excluding diaryl/α,β-unsaturated/α-hetero) is 3. The summed E-state index contributed by atoms with van der Waals surface area (Å²) in [6.45, 7) is 6.61. The lowest BCUT2D eigenvalue weighted by atomic mass is 9.43. The minimum atomic E-state index is -0.469. The predicted octanol–water partition coefficient (Wildman–Crippen LogP) is 5.30. The normalized spacial score (nSPS) is 49.8. The van der Waals surface area contributed by atoms with Gasteiger partial charge in [0.05, 0.1) is 12.2 Å². The number of ether oxygens (including phenoxy) is 2. The zero-order valence-electron chi connectivity index (χ0n) is 25.7. The Labute approximate surface area is 250 Å². The summed E-state index contributed by atoms with van der Waals surface area (Å²) in [6.07, 6.45) is 9.47. The summed E-state index contributed by atoms with van der Waals surface area (Å²) < 4.78 is 11.6. The van der Waals surface area contributed by atoms with Crippen molar-refractivity contribution in [3.63, 3.8) is 0 Å². The molecule has 1 N–H and O–H groups in total. The second kappa shape index (κ2) is 10.5. The van der Waals surface area contributed by atoms with E-state index < -0.39 is 11.5 Å². The molecule has 42 heavy (non-hydrogen) atoms. The highest BCUT2D eigenvalue weighted by Crippen LogP contribution is 2.67. The first-order valence-electron chi connectivity index (χ1n) is 17.0. The molecule has 0 amide bonds. The highest BCUT2D eigenvalue weighted by molar-refractivity contribution is 5.87. The van der Waals surface area contributed by atoms with Gasteiger partial charge in [0.25, 0.3) is 0 Å². The fraction of sp³-hybridized carbons (Fsp3) is 0.886. The maximum absolute atomic E-state index is 14.0. The van der Waals surface area contributed by atoms with Crippen LogP contribution < -0.4 is 0 Å². The summed E-state index contributed by atoms with van der Waals surface area (Å²) in [4.78, 5) is 51.3. The van der Waals surface area contributed by atoms with Crippen LogP contribution in [0.2, 0.25) is 0 Å². The molecule has 0 radical (unpaired) electrons. The molecular weight excluding hydrogens is 532 g/mol. The van der Waals surface area contributed by atoms with Gasteiger partial charge in [0.1, 0.15) is 17.3 Å². The van der Waals surface area contributed by atoms with E-state index in [0.29, 0.717) is 67.7 Å². The van der Waals surface area contributed by atoms with E-state index >= 15 is 0 Å². The summed E-state index contributed by atoms with van der Waals surface area (Å²) in [6, 6.07) is 0. The molecule has 0 aliphatic heterocycles. The average molecular weight is 583 g/mol. The summed E-state index contributed by atoms with van der Waals surface area (Å²) in [5.41, 5.74) is -0.512. The maximum Gasteiger partial charge on any atom is 0.307 e. The van der Waals surface area contributed by atoms with E-state index in [1.165, 1.54) is 0 Å². The van der Waals surface area contributed by atoms with E-state index in [1.54, 1.807) is 0 Å². The lowest BCUT2D eigenvalue weighted by Crippen LogP contribution is -2.61. The van der Waals surface area contributed by atoms with Crippen LogP contribution in [-0.2, 0) is 28.7 Å². The van der Waals surface area contributed by atoms with Crippen molar-refractivity contribution in [3.8, 4) is 0 Å². The third-order valence-corrected chi connectivity index (χ3v) is 14.5. The SMILES string of the molecule is CC(CCC(=O)OCOC1C2CC3CC1CC(C2)C3=O)C1CCC2C3C(O)CC4CC(=O)CCC4(C)C3CC(=O)C12C. The molecule has 0 aromatic rings. The molecule has 7 nitrogen and oxygen atoms in total. The average Bonchev–Trinajstić information content (AvgIpc) is 3.30. The molecule has 0 aromatic carbocycles. The number of hydrogen-bond acceptors (Lipinski definition) is 7. The Morgan fingerprint density at radius 2 is 1.67 bits per heavy atom. The quantitative estimate of drug-likeness (QED) is 0.321. The van der Waals surface area contributed by atoms with E-state index in [2.05, 4.69) is 20.8 Å². The fourth-order valence-electron chi connectivity index (χ4n) is 12.3. The fourth-order valence-corrected chi connectivity index (χ4v) is 12.3. The van der Waals surface area contributed by atoms with Gasteiger partial charge in [-0.05, 0) is 111 Å². The van der Waals surface area contributed by atoms with E-state index in [-0.39, 0.29) is 71.6 Å². The van der Waals surface area contributed by atoms with Gasteiger partial charge in [-0.2, -0.15) is 0 Å². The minimum absolute atomic E-state index is 0.0117. The standard InChI is InChI=1S/C35H50O7/c1-18(4-7-30(39)41-17-42-33-21-10-19-11-22(33)13-20(12-21)32(19)40)25-5-6-26-31-27(16-29(38)35(25,26)3)34(2)9-8-24(36)14-23(34)15-28(31)37/h18-23,25-28,31,33,37H,4-17H2,1-3H3. The third-order valence-electron chi connectivity index (χ3n) is 14.5. The van der Waals surface area contributed by atoms with Crippen molar-refractivity contribution < 1.29 is 33.8 Å². The van der Waals surface area contributed by atoms with Gasteiger partial charge in [-0.25, -0.2) is 0 Å². The highest BCUT2D eigenvalue weighted by atomic mass is 16.7. The molecule has 232 valence electrons. The minimum Gasteiger partial charge on any atom is -0.438 e. The smallest absolute Gasteiger partial charge is 0.307 e. The van der Waals surface area contributed by atoms with Crippen LogP contribution in [0.25, 0.3) is 0 Å². The first-order valence-corrected chi connectivity index (χ1v) is 17.0. The van der Waals surface area contributed by atoms with Gasteiger partial charge in [-0.3, -0.25) is 19.2 Å². The monoisotopic (exact) mass is 582 g/mol. The number of carbonyl (C=O) groups excluding carboxylic acids is 4. The van der Waals surface area contributed by atoms with Crippen LogP contribution >= 0.6 is 0 Å². The number of aliphatic hydroxyl groups is 1. The Morgan fingerprint density at radius 3 is 2.36 bits per heavy atom. The molecule has 0 aromatic heterocycles. The molecule has 8 rings (SSSR count). The number of esters is 1. The zero-order chi connectivity index (χ0) is 29.6. The number of fused-ring (bicyclic) bond motifs is 5. The lowest BCUT2D eigenvalue weighted by molar-refractivity contribution is -0.188. The van der Waals surface area contributed by atoms with Crippen molar-refractivity contribution in [2.75, 3.05) is 6.79 Å². The molecular formula is C35H50O7. The van der Waals surface area contributed by atoms with Crippen molar-refractivity contribution in [2.24, 2.45) is 70.0 Å². The van der Waals surface area contributed by atoms with Crippen LogP contribution in [0.15, 0.2) is 0 Å². The first-order chi connectivity index (χ1) is 20.0. The molecule has 8 aliphatic carbocycles. The second-order valence-corrected chi connectivity index (χ2v) is 16.2. The predicted molar refractivity (Wildman–Crippen MR) is 154 cm³/mol. The molecule has 9 atom stereocenters. The van der Waals surface area contributed by atoms with Crippen LogP contribution in [0.4, 0.5) is 0 Å². The molecule has 0 spiro atoms. The van der Waals surface area contributed by atoms with E-state index in [9.17, 15) is 24.3 Å². The van der Waals surface area contributed by atoms with E-state index in [0.717, 1.165) is 44.9 Å². The summed E-state index contributed by atoms with van der Waals surface area (Å²) in [5.74, 6) is 3.19. The maximum atomic E-state index is 14.0. The van der Waals surface area contributed by atoms with Gasteiger partial charge in [0.15, 0.2) is 6.79 Å². The second-order valence-electron chi connectivity index (χ2n) is 16.2. The summed E-state index contributed by atoms with van der Waals surface area (Å²) in [5, 5.41) is 11.4. The first kappa shape index (κ1) is 29.1. The summed E-state index contributed by atoms with van der Waals surface area (Å²) in [7, 11) is 0. The molecule has 8 aliphatic rings. The Morgan fingerprint density at radius 1 is 0.976 bits per heavy atom. The zero-order valence-corrected chi connectivity index (χ0v) is 25.7. The van der Waals surface area contributed by atoms with Gasteiger partial charge in [-0.1, -0.05) is 20.8 Å². The van der Waals surface area contributed by atoms with Gasteiger partial charge in [0.2, 0.25) is 0 Å². The van der Waals surface area contributed by atoms with Gasteiger partial charge in [0, 0.05) is 42.9 Å². The molecule has 0 saturated heterocycles. The summed E-state index contributed by atoms with van der Waals surface area (Å²) >= 11 is 0. The van der Waals surface area contributed by atoms with Crippen molar-refractivity contribution >= 4 is 23.3 Å². The Kier molecular flexibility index (Phi) is 7.28. The Balaban J connectivity index is 0.936. The molecule has 4 bridgehead atoms. The van der Waals surface area contributed by atoms with Gasteiger partial charge >= 0.3 is 5.97 Å². The Bertz CT molecular complexity index is 1110. The van der Waals surface area contributed by atoms with Crippen molar-refractivity contribution in [1.82, 2.24) is 0 Å². The molecule has 0 heterocycles. The lowest BCUT2D eigenvalue weighted by Gasteiger charge is -2.61. The van der Waals surface area contributed by atoms with Crippen molar-refractivity contribution in [1.29, 1.82) is 0 Å². The topological polar surface area (TPSA) is 107 Å². The van der Waals surface area contributed by atoms with Crippen LogP contribution in [0, 0.1) is 70.0 Å². The molecule has 7 heteroatoms. The number of hydrogen-bond donors (Lipinski definition) is 1. The third kappa shape index (κ3) is 4.41. The van der Waals surface area contributed by atoms with Crippen LogP contribution in [-0.4, -0.2) is 47.4 Å². The molecule has 9 unspecified atom stereocenters. The molecule has 8 saturated carbocycles. The number of rotatable bonds is 7. The van der Waals surface area contributed by atoms with Crippen molar-refractivity contribution in [3.05, 3.63) is 0 Å². The molecule has 8 fully saturated rings.